The highest BCUT2D eigenvalue weighted by Crippen LogP contribution is 2.27. The van der Waals surface area contributed by atoms with Gasteiger partial charge in [0, 0.05) is 13.1 Å². The summed E-state index contributed by atoms with van der Waals surface area (Å²) in [5, 5.41) is 32.2. The number of phenolic OH excluding ortho intramolecular Hbond substituents is 1. The predicted octanol–water partition coefficient (Wildman–Crippen LogP) is 3.29. The fraction of sp³-hybridized carbons (Fsp3) is 0.250. The molecule has 1 N–H and O–H groups in total. The highest BCUT2D eigenvalue weighted by molar-refractivity contribution is 6.11. The van der Waals surface area contributed by atoms with Crippen molar-refractivity contribution in [2.24, 2.45) is 5.16 Å². The minimum absolute atomic E-state index is 0.0293. The van der Waals surface area contributed by atoms with Gasteiger partial charge in [0.15, 0.2) is 11.4 Å². The van der Waals surface area contributed by atoms with Crippen LogP contribution in [0, 0.1) is 22.7 Å². The average Bonchev–Trinajstić information content (AvgIpc) is 2.65. The summed E-state index contributed by atoms with van der Waals surface area (Å²) in [5.41, 5.74) is -0.828. The molecule has 0 aliphatic heterocycles. The summed E-state index contributed by atoms with van der Waals surface area (Å²) in [6.45, 7) is 7.02. The number of aromatic hydroxyl groups is 1. The summed E-state index contributed by atoms with van der Waals surface area (Å²) in [7, 11) is 0. The van der Waals surface area contributed by atoms with E-state index in [1.54, 1.807) is 19.1 Å². The summed E-state index contributed by atoms with van der Waals surface area (Å²) < 4.78 is 5.57. The number of phenols is 1. The second kappa shape index (κ2) is 8.19. The van der Waals surface area contributed by atoms with Crippen LogP contribution in [-0.2, 0) is 4.84 Å². The first-order valence-electron chi connectivity index (χ1n) is 8.24. The molecule has 0 aliphatic carbocycles. The Kier molecular flexibility index (Phi) is 5.97. The van der Waals surface area contributed by atoms with E-state index >= 15 is 0 Å². The topological polar surface area (TPSA) is 129 Å². The zero-order valence-electron chi connectivity index (χ0n) is 15.8. The molecular weight excluding hydrogens is 360 g/mol. The van der Waals surface area contributed by atoms with Crippen molar-refractivity contribution < 1.29 is 19.5 Å². The lowest BCUT2D eigenvalue weighted by Crippen LogP contribution is -2.18. The van der Waals surface area contributed by atoms with Crippen LogP contribution < -0.4 is 4.74 Å². The van der Waals surface area contributed by atoms with Crippen molar-refractivity contribution in [3.8, 4) is 23.6 Å². The number of oxime groups is 1. The van der Waals surface area contributed by atoms with Crippen LogP contribution >= 0.6 is 0 Å². The maximum Gasteiger partial charge on any atom is 0.228 e. The minimum atomic E-state index is -0.668. The molecule has 0 saturated heterocycles. The Morgan fingerprint density at radius 2 is 1.86 bits per heavy atom. The first-order valence-corrected chi connectivity index (χ1v) is 8.24. The number of rotatable bonds is 4. The van der Waals surface area contributed by atoms with Crippen LogP contribution in [0.5, 0.6) is 11.5 Å². The third kappa shape index (κ3) is 4.83. The Morgan fingerprint density at radius 1 is 1.21 bits per heavy atom. The summed E-state index contributed by atoms with van der Waals surface area (Å²) >= 11 is 0. The number of benzene rings is 1. The number of nitrogens with zero attached hydrogens (tertiary/aromatic N) is 4. The van der Waals surface area contributed by atoms with Gasteiger partial charge in [-0.15, -0.1) is 0 Å². The van der Waals surface area contributed by atoms with Gasteiger partial charge in [-0.1, -0.05) is 5.16 Å². The molecule has 0 bridgehead atoms. The number of hydrogen-bond acceptors (Lipinski definition) is 8. The number of aromatic nitrogens is 1. The molecular formula is C20H18N4O4. The van der Waals surface area contributed by atoms with Gasteiger partial charge in [-0.2, -0.15) is 10.5 Å². The average molecular weight is 378 g/mol. The van der Waals surface area contributed by atoms with Crippen molar-refractivity contribution in [1.82, 2.24) is 4.98 Å². The highest BCUT2D eigenvalue weighted by Gasteiger charge is 2.22. The quantitative estimate of drug-likeness (QED) is 0.374. The molecule has 8 heteroatoms. The SMILES string of the molecule is CC(=NOC(C)(C)C)Oc1cccnc1C(=O)c1cc(C#N)c(C#N)cc1O. The van der Waals surface area contributed by atoms with Crippen LogP contribution in [-0.4, -0.2) is 27.4 Å². The van der Waals surface area contributed by atoms with Crippen molar-refractivity contribution >= 4 is 11.7 Å². The maximum absolute atomic E-state index is 12.9. The van der Waals surface area contributed by atoms with Gasteiger partial charge >= 0.3 is 0 Å². The lowest BCUT2D eigenvalue weighted by Gasteiger charge is -2.16. The fourth-order valence-electron chi connectivity index (χ4n) is 2.11. The van der Waals surface area contributed by atoms with E-state index in [1.807, 2.05) is 26.8 Å². The lowest BCUT2D eigenvalue weighted by atomic mass is 9.99. The Hall–Kier alpha value is -3.91. The zero-order valence-corrected chi connectivity index (χ0v) is 15.8. The van der Waals surface area contributed by atoms with E-state index in [4.69, 9.17) is 20.1 Å². The Morgan fingerprint density at radius 3 is 2.46 bits per heavy atom. The van der Waals surface area contributed by atoms with E-state index in [0.29, 0.717) is 0 Å². The van der Waals surface area contributed by atoms with Gasteiger partial charge in [0.05, 0.1) is 16.7 Å². The monoisotopic (exact) mass is 378 g/mol. The molecule has 0 saturated carbocycles. The predicted molar refractivity (Wildman–Crippen MR) is 99.8 cm³/mol. The molecule has 142 valence electrons. The van der Waals surface area contributed by atoms with E-state index in [1.165, 1.54) is 12.3 Å². The summed E-state index contributed by atoms with van der Waals surface area (Å²) in [5.74, 6) is -0.843. The van der Waals surface area contributed by atoms with E-state index in [2.05, 4.69) is 10.1 Å². The number of ketones is 1. The van der Waals surface area contributed by atoms with Gasteiger partial charge in [-0.05, 0) is 45.0 Å². The lowest BCUT2D eigenvalue weighted by molar-refractivity contribution is -0.00187. The number of hydrogen-bond donors (Lipinski definition) is 1. The maximum atomic E-state index is 12.9. The van der Waals surface area contributed by atoms with Gasteiger partial charge in [0.25, 0.3) is 0 Å². The molecule has 2 rings (SSSR count). The smallest absolute Gasteiger partial charge is 0.228 e. The number of pyridine rings is 1. The third-order valence-electron chi connectivity index (χ3n) is 3.31. The standard InChI is InChI=1S/C20H18N4O4/c1-12(24-28-20(2,3)4)27-17-6-5-7-23-18(17)19(26)15-8-13(10-21)14(11-22)9-16(15)25/h5-9,25H,1-4H3. The zero-order chi connectivity index (χ0) is 20.9. The molecule has 0 unspecified atom stereocenters. The number of nitriles is 2. The molecule has 1 aromatic heterocycles. The largest absolute Gasteiger partial charge is 0.507 e. The van der Waals surface area contributed by atoms with Crippen LogP contribution in [0.4, 0.5) is 0 Å². The fourth-order valence-corrected chi connectivity index (χ4v) is 2.11. The van der Waals surface area contributed by atoms with Gasteiger partial charge < -0.3 is 14.7 Å². The molecule has 2 aromatic rings. The van der Waals surface area contributed by atoms with Gasteiger partial charge in [0.2, 0.25) is 11.7 Å². The Balaban J connectivity index is 2.41. The van der Waals surface area contributed by atoms with Crippen LogP contribution in [0.2, 0.25) is 0 Å². The van der Waals surface area contributed by atoms with Gasteiger partial charge in [-0.3, -0.25) is 4.79 Å². The molecule has 1 heterocycles. The van der Waals surface area contributed by atoms with Crippen LogP contribution in [0.3, 0.4) is 0 Å². The summed E-state index contributed by atoms with van der Waals surface area (Å²) in [4.78, 5) is 22.2. The second-order valence-corrected chi connectivity index (χ2v) is 6.73. The minimum Gasteiger partial charge on any atom is -0.507 e. The normalized spacial score (nSPS) is 11.3. The van der Waals surface area contributed by atoms with Crippen LogP contribution in [0.1, 0.15) is 54.9 Å². The molecule has 0 spiro atoms. The van der Waals surface area contributed by atoms with Crippen molar-refractivity contribution in [2.45, 2.75) is 33.3 Å². The Bertz CT molecular complexity index is 1020. The first kappa shape index (κ1) is 20.4. The number of ether oxygens (including phenoxy) is 1. The first-order chi connectivity index (χ1) is 13.2. The second-order valence-electron chi connectivity index (χ2n) is 6.73. The van der Waals surface area contributed by atoms with Crippen molar-refractivity contribution in [3.05, 3.63) is 52.8 Å². The van der Waals surface area contributed by atoms with E-state index in [9.17, 15) is 9.90 Å². The van der Waals surface area contributed by atoms with E-state index < -0.39 is 17.1 Å². The molecule has 0 fully saturated rings. The summed E-state index contributed by atoms with van der Waals surface area (Å²) in [6, 6.07) is 8.93. The molecule has 1 aromatic carbocycles. The van der Waals surface area contributed by atoms with Crippen LogP contribution in [0.15, 0.2) is 35.6 Å². The molecule has 0 aliphatic rings. The summed E-state index contributed by atoms with van der Waals surface area (Å²) in [6.07, 6.45) is 1.39. The number of carbonyl (C=O) groups excluding carboxylic acids is 1. The third-order valence-corrected chi connectivity index (χ3v) is 3.31. The van der Waals surface area contributed by atoms with Crippen molar-refractivity contribution in [2.75, 3.05) is 0 Å². The molecule has 0 radical (unpaired) electrons. The van der Waals surface area contributed by atoms with E-state index in [-0.39, 0.29) is 34.0 Å². The molecule has 28 heavy (non-hydrogen) atoms. The molecule has 8 nitrogen and oxygen atoms in total. The highest BCUT2D eigenvalue weighted by atomic mass is 16.7. The van der Waals surface area contributed by atoms with Crippen molar-refractivity contribution in [3.63, 3.8) is 0 Å². The van der Waals surface area contributed by atoms with Gasteiger partial charge in [0.1, 0.15) is 23.5 Å². The molecule has 0 amide bonds. The molecule has 0 atom stereocenters. The number of carbonyl (C=O) groups is 1. The van der Waals surface area contributed by atoms with Crippen molar-refractivity contribution in [1.29, 1.82) is 10.5 Å². The van der Waals surface area contributed by atoms with Crippen LogP contribution in [0.25, 0.3) is 0 Å². The Labute approximate surface area is 162 Å². The van der Waals surface area contributed by atoms with E-state index in [0.717, 1.165) is 12.1 Å². The van der Waals surface area contributed by atoms with Gasteiger partial charge in [-0.25, -0.2) is 4.98 Å².